The van der Waals surface area contributed by atoms with Crippen LogP contribution in [0.5, 0.6) is 0 Å². The van der Waals surface area contributed by atoms with Crippen molar-refractivity contribution in [2.75, 3.05) is 19.6 Å². The Balaban J connectivity index is 1.53. The maximum atomic E-state index is 13.3. The standard InChI is InChI=1S/C19H26N4O4S2/c1-3-8-20-18(24)14-5-4-9-23(11-14)29(25,26)16-10-15(28-12(16)2)17-21-19(27-22-17)13-6-7-13/h10,13-14H,3-9,11H2,1-2H3,(H,20,24)/t14-/m0/s1. The van der Waals surface area contributed by atoms with Gasteiger partial charge in [-0.05, 0) is 45.1 Å². The second-order valence-corrected chi connectivity index (χ2v) is 10.9. The molecule has 0 radical (unpaired) electrons. The summed E-state index contributed by atoms with van der Waals surface area (Å²) in [6.45, 7) is 5.04. The van der Waals surface area contributed by atoms with Crippen molar-refractivity contribution in [3.05, 3.63) is 16.8 Å². The molecule has 1 aliphatic carbocycles. The average molecular weight is 439 g/mol. The third kappa shape index (κ3) is 4.24. The highest BCUT2D eigenvalue weighted by Crippen LogP contribution is 2.41. The Kier molecular flexibility index (Phi) is 5.76. The maximum Gasteiger partial charge on any atom is 0.244 e. The van der Waals surface area contributed by atoms with Crippen molar-refractivity contribution in [1.82, 2.24) is 19.8 Å². The van der Waals surface area contributed by atoms with Gasteiger partial charge in [-0.1, -0.05) is 12.1 Å². The third-order valence-corrected chi connectivity index (χ3v) is 8.55. The molecule has 0 spiro atoms. The van der Waals surface area contributed by atoms with Gasteiger partial charge in [-0.2, -0.15) is 9.29 Å². The number of amides is 1. The summed E-state index contributed by atoms with van der Waals surface area (Å²) >= 11 is 1.35. The molecule has 1 saturated carbocycles. The van der Waals surface area contributed by atoms with E-state index in [1.54, 1.807) is 13.0 Å². The van der Waals surface area contributed by atoms with E-state index in [0.717, 1.165) is 19.3 Å². The van der Waals surface area contributed by atoms with Gasteiger partial charge in [-0.3, -0.25) is 4.79 Å². The first-order chi connectivity index (χ1) is 13.9. The van der Waals surface area contributed by atoms with Crippen molar-refractivity contribution in [3.8, 4) is 10.7 Å². The quantitative estimate of drug-likeness (QED) is 0.713. The molecule has 1 amide bonds. The van der Waals surface area contributed by atoms with Gasteiger partial charge in [0, 0.05) is 30.4 Å². The largest absolute Gasteiger partial charge is 0.356 e. The number of hydrogen-bond acceptors (Lipinski definition) is 7. The van der Waals surface area contributed by atoms with Gasteiger partial charge in [0.2, 0.25) is 27.6 Å². The van der Waals surface area contributed by atoms with Crippen LogP contribution >= 0.6 is 11.3 Å². The molecule has 1 saturated heterocycles. The summed E-state index contributed by atoms with van der Waals surface area (Å²) in [7, 11) is -3.69. The first-order valence-electron chi connectivity index (χ1n) is 10.1. The Morgan fingerprint density at radius 1 is 1.38 bits per heavy atom. The van der Waals surface area contributed by atoms with Crippen LogP contribution in [0.4, 0.5) is 0 Å². The second kappa shape index (κ2) is 8.16. The normalized spacial score (nSPS) is 20.7. The highest BCUT2D eigenvalue weighted by Gasteiger charge is 2.35. The van der Waals surface area contributed by atoms with Crippen LogP contribution in [-0.2, 0) is 14.8 Å². The number of piperidine rings is 1. The molecule has 1 atom stereocenters. The molecule has 10 heteroatoms. The van der Waals surface area contributed by atoms with Crippen molar-refractivity contribution in [3.63, 3.8) is 0 Å². The Morgan fingerprint density at radius 3 is 2.90 bits per heavy atom. The van der Waals surface area contributed by atoms with Crippen LogP contribution in [0.1, 0.15) is 55.7 Å². The average Bonchev–Trinajstić information content (AvgIpc) is 3.31. The highest BCUT2D eigenvalue weighted by atomic mass is 32.2. The van der Waals surface area contributed by atoms with Crippen molar-refractivity contribution in [1.29, 1.82) is 0 Å². The number of aromatic nitrogens is 2. The summed E-state index contributed by atoms with van der Waals surface area (Å²) < 4.78 is 33.3. The van der Waals surface area contributed by atoms with Crippen molar-refractivity contribution >= 4 is 27.3 Å². The fourth-order valence-corrected chi connectivity index (χ4v) is 6.58. The Hall–Kier alpha value is -1.78. The number of hydrogen-bond donors (Lipinski definition) is 1. The van der Waals surface area contributed by atoms with E-state index in [1.807, 2.05) is 6.92 Å². The molecule has 158 valence electrons. The Morgan fingerprint density at radius 2 is 2.17 bits per heavy atom. The summed E-state index contributed by atoms with van der Waals surface area (Å²) in [5.41, 5.74) is 0. The number of carbonyl (C=O) groups excluding carboxylic acids is 1. The van der Waals surface area contributed by atoms with E-state index in [1.165, 1.54) is 15.6 Å². The van der Waals surface area contributed by atoms with E-state index < -0.39 is 10.0 Å². The molecular weight excluding hydrogens is 412 g/mol. The predicted molar refractivity (Wildman–Crippen MR) is 109 cm³/mol. The fraction of sp³-hybridized carbons (Fsp3) is 0.632. The minimum atomic E-state index is -3.69. The summed E-state index contributed by atoms with van der Waals surface area (Å²) in [5.74, 6) is 1.06. The topological polar surface area (TPSA) is 105 Å². The lowest BCUT2D eigenvalue weighted by molar-refractivity contribution is -0.126. The monoisotopic (exact) mass is 438 g/mol. The van der Waals surface area contributed by atoms with Crippen molar-refractivity contribution < 1.29 is 17.7 Å². The minimum Gasteiger partial charge on any atom is -0.356 e. The zero-order chi connectivity index (χ0) is 20.6. The van der Waals surface area contributed by atoms with Gasteiger partial charge in [0.25, 0.3) is 0 Å². The van der Waals surface area contributed by atoms with Gasteiger partial charge in [-0.25, -0.2) is 8.42 Å². The third-order valence-electron chi connectivity index (χ3n) is 5.38. The molecule has 0 unspecified atom stereocenters. The lowest BCUT2D eigenvalue weighted by Crippen LogP contribution is -2.45. The van der Waals surface area contributed by atoms with Gasteiger partial charge in [0.05, 0.1) is 15.7 Å². The van der Waals surface area contributed by atoms with Gasteiger partial charge in [-0.15, -0.1) is 11.3 Å². The first-order valence-corrected chi connectivity index (χ1v) is 12.4. The summed E-state index contributed by atoms with van der Waals surface area (Å²) in [6, 6.07) is 1.64. The number of aryl methyl sites for hydroxylation is 1. The smallest absolute Gasteiger partial charge is 0.244 e. The Bertz CT molecular complexity index is 994. The number of nitrogens with one attached hydrogen (secondary N) is 1. The summed E-state index contributed by atoms with van der Waals surface area (Å²) in [4.78, 5) is 18.4. The van der Waals surface area contributed by atoms with E-state index >= 15 is 0 Å². The molecule has 0 bridgehead atoms. The molecule has 2 aromatic heterocycles. The van der Waals surface area contributed by atoms with E-state index in [0.29, 0.717) is 53.3 Å². The van der Waals surface area contributed by atoms with Crippen LogP contribution in [0.15, 0.2) is 15.5 Å². The molecule has 2 aromatic rings. The number of carbonyl (C=O) groups is 1. The molecule has 0 aromatic carbocycles. The van der Waals surface area contributed by atoms with Gasteiger partial charge < -0.3 is 9.84 Å². The number of nitrogens with zero attached hydrogens (tertiary/aromatic N) is 3. The van der Waals surface area contributed by atoms with Crippen molar-refractivity contribution in [2.45, 2.75) is 56.8 Å². The zero-order valence-electron chi connectivity index (χ0n) is 16.7. The minimum absolute atomic E-state index is 0.0612. The van der Waals surface area contributed by atoms with E-state index in [9.17, 15) is 13.2 Å². The Labute approximate surface area is 174 Å². The van der Waals surface area contributed by atoms with Crippen LogP contribution in [0.3, 0.4) is 0 Å². The molecule has 29 heavy (non-hydrogen) atoms. The lowest BCUT2D eigenvalue weighted by atomic mass is 9.99. The predicted octanol–water partition coefficient (Wildman–Crippen LogP) is 2.91. The van der Waals surface area contributed by atoms with Crippen LogP contribution in [0.2, 0.25) is 0 Å². The van der Waals surface area contributed by atoms with Gasteiger partial charge in [0.1, 0.15) is 0 Å². The molecule has 3 heterocycles. The van der Waals surface area contributed by atoms with E-state index in [4.69, 9.17) is 4.52 Å². The molecule has 4 rings (SSSR count). The van der Waals surface area contributed by atoms with Crippen LogP contribution in [0.25, 0.3) is 10.7 Å². The molecule has 8 nitrogen and oxygen atoms in total. The van der Waals surface area contributed by atoms with Crippen molar-refractivity contribution in [2.24, 2.45) is 5.92 Å². The zero-order valence-corrected chi connectivity index (χ0v) is 18.3. The van der Waals surface area contributed by atoms with Gasteiger partial charge >= 0.3 is 0 Å². The highest BCUT2D eigenvalue weighted by molar-refractivity contribution is 7.89. The molecule has 2 aliphatic rings. The van der Waals surface area contributed by atoms with E-state index in [-0.39, 0.29) is 23.3 Å². The van der Waals surface area contributed by atoms with E-state index in [2.05, 4.69) is 15.5 Å². The number of thiophene rings is 1. The lowest BCUT2D eigenvalue weighted by Gasteiger charge is -2.31. The van der Waals surface area contributed by atoms with Crippen LogP contribution in [-0.4, -0.2) is 48.4 Å². The molecule has 2 fully saturated rings. The van der Waals surface area contributed by atoms with Gasteiger partial charge in [0.15, 0.2) is 0 Å². The maximum absolute atomic E-state index is 13.3. The SMILES string of the molecule is CCCNC(=O)[C@H]1CCCN(S(=O)(=O)c2cc(-c3noc(C4CC4)n3)sc2C)C1. The number of rotatable bonds is 7. The molecular formula is C19H26N4O4S2. The molecule has 1 N–H and O–H groups in total. The second-order valence-electron chi connectivity index (χ2n) is 7.75. The number of sulfonamides is 1. The fourth-order valence-electron chi connectivity index (χ4n) is 3.57. The van der Waals surface area contributed by atoms with Crippen LogP contribution < -0.4 is 5.32 Å². The first kappa shape index (κ1) is 20.5. The summed E-state index contributed by atoms with van der Waals surface area (Å²) in [5, 5.41) is 6.91. The van der Waals surface area contributed by atoms with Crippen LogP contribution in [0, 0.1) is 12.8 Å². The molecule has 1 aliphatic heterocycles. The summed E-state index contributed by atoms with van der Waals surface area (Å²) in [6.07, 6.45) is 4.37.